The van der Waals surface area contributed by atoms with Gasteiger partial charge in [0.25, 0.3) is 0 Å². The summed E-state index contributed by atoms with van der Waals surface area (Å²) in [5.74, 6) is -11.6. The van der Waals surface area contributed by atoms with Gasteiger partial charge in [-0.25, -0.2) is 26.3 Å². The minimum Gasteiger partial charge on any atom is -0.293 e. The van der Waals surface area contributed by atoms with Gasteiger partial charge in [-0.1, -0.05) is 0 Å². The number of nitrogens with one attached hydrogen (secondary N) is 2. The van der Waals surface area contributed by atoms with Crippen LogP contribution in [-0.2, 0) is 4.79 Å². The highest BCUT2D eigenvalue weighted by Crippen LogP contribution is 2.26. The number of hydrogen-bond donors (Lipinski definition) is 2. The molecule has 0 unspecified atom stereocenters. The highest BCUT2D eigenvalue weighted by Gasteiger charge is 2.25. The maximum atomic E-state index is 13.4. The zero-order valence-corrected chi connectivity index (χ0v) is 13.1. The number of anilines is 1. The van der Waals surface area contributed by atoms with Gasteiger partial charge in [0.05, 0.1) is 0 Å². The molecular formula is C15H10F6N2OS. The Morgan fingerprint density at radius 3 is 1.92 bits per heavy atom. The van der Waals surface area contributed by atoms with E-state index in [-0.39, 0.29) is 12.2 Å². The van der Waals surface area contributed by atoms with Crippen LogP contribution in [0, 0.1) is 34.9 Å². The van der Waals surface area contributed by atoms with E-state index >= 15 is 0 Å². The van der Waals surface area contributed by atoms with Gasteiger partial charge in [0.1, 0.15) is 11.5 Å². The SMILES string of the molecule is O=C(CCSc1ccc(F)cc1)NNc1c(F)c(F)c(F)c(F)c1F. The van der Waals surface area contributed by atoms with E-state index in [0.717, 1.165) is 0 Å². The van der Waals surface area contributed by atoms with Crippen LogP contribution in [0.3, 0.4) is 0 Å². The number of carbonyl (C=O) groups is 1. The van der Waals surface area contributed by atoms with Gasteiger partial charge >= 0.3 is 0 Å². The van der Waals surface area contributed by atoms with E-state index in [1.165, 1.54) is 36.0 Å². The molecule has 0 fully saturated rings. The molecule has 0 aliphatic carbocycles. The number of benzene rings is 2. The molecule has 2 aromatic carbocycles. The van der Waals surface area contributed by atoms with Gasteiger partial charge in [-0.3, -0.25) is 15.6 Å². The fourth-order valence-electron chi connectivity index (χ4n) is 1.70. The Bertz CT molecular complexity index is 756. The van der Waals surface area contributed by atoms with E-state index in [0.29, 0.717) is 4.90 Å². The van der Waals surface area contributed by atoms with Crippen LogP contribution in [0.25, 0.3) is 0 Å². The fourth-order valence-corrected chi connectivity index (χ4v) is 2.55. The summed E-state index contributed by atoms with van der Waals surface area (Å²) in [4.78, 5) is 12.3. The third-order valence-electron chi connectivity index (χ3n) is 2.95. The summed E-state index contributed by atoms with van der Waals surface area (Å²) in [5.41, 5.74) is 2.19. The predicted octanol–water partition coefficient (Wildman–Crippen LogP) is 4.15. The average molecular weight is 380 g/mol. The zero-order valence-electron chi connectivity index (χ0n) is 12.3. The molecule has 0 atom stereocenters. The molecule has 2 rings (SSSR count). The van der Waals surface area contributed by atoms with Crippen LogP contribution in [0.2, 0.25) is 0 Å². The van der Waals surface area contributed by atoms with Gasteiger partial charge in [0, 0.05) is 17.1 Å². The normalized spacial score (nSPS) is 10.6. The second-order valence-corrected chi connectivity index (χ2v) is 5.84. The quantitative estimate of drug-likeness (QED) is 0.260. The molecule has 0 aliphatic heterocycles. The van der Waals surface area contributed by atoms with Crippen molar-refractivity contribution in [2.45, 2.75) is 11.3 Å². The maximum absolute atomic E-state index is 13.4. The number of carbonyl (C=O) groups excluding carboxylic acids is 1. The summed E-state index contributed by atoms with van der Waals surface area (Å²) < 4.78 is 78.4. The Balaban J connectivity index is 1.89. The molecular weight excluding hydrogens is 370 g/mol. The van der Waals surface area contributed by atoms with Crippen LogP contribution in [0.5, 0.6) is 0 Å². The standard InChI is InChI=1S/C15H10F6N2OS/c16-7-1-3-8(4-2-7)25-6-5-9(24)22-23-15-13(20)11(18)10(17)12(19)14(15)21/h1-4,23H,5-6H2,(H,22,24). The molecule has 0 radical (unpaired) electrons. The maximum Gasteiger partial charge on any atom is 0.239 e. The van der Waals surface area contributed by atoms with Crippen LogP contribution in [-0.4, -0.2) is 11.7 Å². The molecule has 0 heterocycles. The highest BCUT2D eigenvalue weighted by atomic mass is 32.2. The lowest BCUT2D eigenvalue weighted by atomic mass is 10.2. The van der Waals surface area contributed by atoms with E-state index in [4.69, 9.17) is 0 Å². The minimum atomic E-state index is -2.29. The average Bonchev–Trinajstić information content (AvgIpc) is 2.60. The van der Waals surface area contributed by atoms with Crippen LogP contribution < -0.4 is 10.9 Å². The molecule has 0 spiro atoms. The third-order valence-corrected chi connectivity index (χ3v) is 3.96. The van der Waals surface area contributed by atoms with E-state index in [1.807, 2.05) is 5.43 Å². The summed E-state index contributed by atoms with van der Waals surface area (Å²) in [7, 11) is 0. The third kappa shape index (κ3) is 4.59. The monoisotopic (exact) mass is 380 g/mol. The molecule has 0 bridgehead atoms. The van der Waals surface area contributed by atoms with Crippen molar-refractivity contribution in [3.8, 4) is 0 Å². The fraction of sp³-hybridized carbons (Fsp3) is 0.133. The molecule has 0 aromatic heterocycles. The summed E-state index contributed by atoms with van der Waals surface area (Å²) >= 11 is 1.22. The molecule has 2 N–H and O–H groups in total. The lowest BCUT2D eigenvalue weighted by Gasteiger charge is -2.11. The van der Waals surface area contributed by atoms with E-state index < -0.39 is 46.5 Å². The van der Waals surface area contributed by atoms with Crippen molar-refractivity contribution >= 4 is 23.4 Å². The molecule has 134 valence electrons. The van der Waals surface area contributed by atoms with Gasteiger partial charge in [-0.15, -0.1) is 11.8 Å². The molecule has 3 nitrogen and oxygen atoms in total. The smallest absolute Gasteiger partial charge is 0.239 e. The van der Waals surface area contributed by atoms with Crippen LogP contribution in [0.1, 0.15) is 6.42 Å². The Labute approximate surface area is 142 Å². The Morgan fingerprint density at radius 1 is 0.840 bits per heavy atom. The summed E-state index contributed by atoms with van der Waals surface area (Å²) in [6.45, 7) is 0. The first kappa shape index (κ1) is 19.0. The molecule has 25 heavy (non-hydrogen) atoms. The molecule has 2 aromatic rings. The lowest BCUT2D eigenvalue weighted by Crippen LogP contribution is -2.31. The van der Waals surface area contributed by atoms with Gasteiger partial charge in [0.15, 0.2) is 23.3 Å². The van der Waals surface area contributed by atoms with E-state index in [9.17, 15) is 31.1 Å². The summed E-state index contributed by atoms with van der Waals surface area (Å²) in [6, 6.07) is 5.50. The van der Waals surface area contributed by atoms with Gasteiger partial charge in [0.2, 0.25) is 11.7 Å². The van der Waals surface area contributed by atoms with Crippen molar-refractivity contribution < 1.29 is 31.1 Å². The lowest BCUT2D eigenvalue weighted by molar-refractivity contribution is -0.120. The first-order valence-corrected chi connectivity index (χ1v) is 7.74. The van der Waals surface area contributed by atoms with Crippen LogP contribution in [0.15, 0.2) is 29.2 Å². The summed E-state index contributed by atoms with van der Waals surface area (Å²) in [5, 5.41) is 0. The van der Waals surface area contributed by atoms with Gasteiger partial charge in [-0.2, -0.15) is 0 Å². The largest absolute Gasteiger partial charge is 0.293 e. The van der Waals surface area contributed by atoms with Crippen molar-refractivity contribution in [3.05, 3.63) is 59.2 Å². The van der Waals surface area contributed by atoms with Crippen molar-refractivity contribution in [3.63, 3.8) is 0 Å². The number of thioether (sulfide) groups is 1. The molecule has 10 heteroatoms. The number of amides is 1. The molecule has 1 amide bonds. The Hall–Kier alpha value is -2.36. The summed E-state index contributed by atoms with van der Waals surface area (Å²) in [6.07, 6.45) is -0.121. The number of hydrogen-bond acceptors (Lipinski definition) is 3. The predicted molar refractivity (Wildman–Crippen MR) is 79.7 cm³/mol. The highest BCUT2D eigenvalue weighted by molar-refractivity contribution is 7.99. The number of rotatable bonds is 6. The molecule has 0 aliphatic rings. The van der Waals surface area contributed by atoms with Crippen LogP contribution in [0.4, 0.5) is 32.0 Å². The zero-order chi connectivity index (χ0) is 18.6. The Morgan fingerprint density at radius 2 is 1.36 bits per heavy atom. The number of halogens is 6. The second-order valence-electron chi connectivity index (χ2n) is 4.67. The Kier molecular flexibility index (Phi) is 6.18. The first-order valence-electron chi connectivity index (χ1n) is 6.76. The van der Waals surface area contributed by atoms with Crippen molar-refractivity contribution in [1.29, 1.82) is 0 Å². The van der Waals surface area contributed by atoms with Gasteiger partial charge in [-0.05, 0) is 24.3 Å². The van der Waals surface area contributed by atoms with E-state index in [1.54, 1.807) is 5.43 Å². The second kappa shape index (κ2) is 8.15. The van der Waals surface area contributed by atoms with Crippen LogP contribution >= 0.6 is 11.8 Å². The number of hydrazine groups is 1. The first-order chi connectivity index (χ1) is 11.8. The minimum absolute atomic E-state index is 0.121. The molecule has 0 saturated carbocycles. The van der Waals surface area contributed by atoms with Crippen molar-refractivity contribution in [2.75, 3.05) is 11.2 Å². The topological polar surface area (TPSA) is 41.1 Å². The van der Waals surface area contributed by atoms with E-state index in [2.05, 4.69) is 0 Å². The van der Waals surface area contributed by atoms with Crippen molar-refractivity contribution in [1.82, 2.24) is 5.43 Å². The molecule has 0 saturated heterocycles. The van der Waals surface area contributed by atoms with Gasteiger partial charge < -0.3 is 0 Å². The van der Waals surface area contributed by atoms with Crippen molar-refractivity contribution in [2.24, 2.45) is 0 Å².